The van der Waals surface area contributed by atoms with Crippen LogP contribution in [-0.2, 0) is 6.42 Å². The number of alkyl halides is 1. The highest BCUT2D eigenvalue weighted by atomic mass is 19.2. The van der Waals surface area contributed by atoms with Gasteiger partial charge in [-0.2, -0.15) is 0 Å². The van der Waals surface area contributed by atoms with E-state index in [1.54, 1.807) is 0 Å². The molecule has 0 radical (unpaired) electrons. The van der Waals surface area contributed by atoms with Crippen molar-refractivity contribution in [1.29, 1.82) is 0 Å². The standard InChI is InChI=1S/C8H5F5/c9-2-1-4-3-5(10)7(12)8(13)6(4)11/h3H,1-2H2. The van der Waals surface area contributed by atoms with Crippen LogP contribution in [0.4, 0.5) is 22.0 Å². The predicted octanol–water partition coefficient (Wildman–Crippen LogP) is 2.76. The zero-order valence-electron chi connectivity index (χ0n) is 6.38. The Labute approximate surface area is 71.0 Å². The largest absolute Gasteiger partial charge is 0.251 e. The van der Waals surface area contributed by atoms with Gasteiger partial charge in [-0.1, -0.05) is 0 Å². The minimum atomic E-state index is -1.90. The summed E-state index contributed by atoms with van der Waals surface area (Å²) in [5, 5.41) is 0. The van der Waals surface area contributed by atoms with Gasteiger partial charge in [0.1, 0.15) is 0 Å². The van der Waals surface area contributed by atoms with Crippen LogP contribution in [0.5, 0.6) is 0 Å². The number of rotatable bonds is 2. The third-order valence-electron chi connectivity index (χ3n) is 1.54. The third kappa shape index (κ3) is 1.79. The minimum absolute atomic E-state index is 0.452. The van der Waals surface area contributed by atoms with E-state index in [0.29, 0.717) is 6.07 Å². The van der Waals surface area contributed by atoms with Crippen LogP contribution in [0.3, 0.4) is 0 Å². The van der Waals surface area contributed by atoms with E-state index in [1.165, 1.54) is 0 Å². The van der Waals surface area contributed by atoms with Crippen molar-refractivity contribution < 1.29 is 22.0 Å². The molecule has 5 heteroatoms. The maximum atomic E-state index is 12.7. The Balaban J connectivity index is 3.24. The van der Waals surface area contributed by atoms with Crippen molar-refractivity contribution in [3.8, 4) is 0 Å². The first-order valence-corrected chi connectivity index (χ1v) is 3.45. The van der Waals surface area contributed by atoms with Gasteiger partial charge in [-0.15, -0.1) is 0 Å². The molecule has 0 spiro atoms. The lowest BCUT2D eigenvalue weighted by molar-refractivity contribution is 0.399. The van der Waals surface area contributed by atoms with E-state index in [-0.39, 0.29) is 0 Å². The molecule has 0 amide bonds. The monoisotopic (exact) mass is 196 g/mol. The maximum Gasteiger partial charge on any atom is 0.197 e. The SMILES string of the molecule is FCCc1cc(F)c(F)c(F)c1F. The maximum absolute atomic E-state index is 12.7. The number of benzene rings is 1. The molecule has 1 aromatic carbocycles. The van der Waals surface area contributed by atoms with Gasteiger partial charge in [0.05, 0.1) is 6.67 Å². The Morgan fingerprint density at radius 2 is 1.54 bits per heavy atom. The lowest BCUT2D eigenvalue weighted by Gasteiger charge is -2.02. The molecule has 0 atom stereocenters. The zero-order chi connectivity index (χ0) is 10.0. The summed E-state index contributed by atoms with van der Waals surface area (Å²) in [5.41, 5.74) is -0.501. The first-order valence-electron chi connectivity index (χ1n) is 3.45. The molecule has 1 aromatic rings. The van der Waals surface area contributed by atoms with E-state index in [0.717, 1.165) is 0 Å². The smallest absolute Gasteiger partial charge is 0.197 e. The summed E-state index contributed by atoms with van der Waals surface area (Å²) in [6.45, 7) is -0.957. The van der Waals surface area contributed by atoms with Crippen LogP contribution in [0.1, 0.15) is 5.56 Å². The molecule has 0 saturated heterocycles. The topological polar surface area (TPSA) is 0 Å². The third-order valence-corrected chi connectivity index (χ3v) is 1.54. The summed E-state index contributed by atoms with van der Waals surface area (Å²) < 4.78 is 61.6. The highest BCUT2D eigenvalue weighted by Gasteiger charge is 2.18. The van der Waals surface area contributed by atoms with Gasteiger partial charge >= 0.3 is 0 Å². The summed E-state index contributed by atoms with van der Waals surface area (Å²) in [4.78, 5) is 0. The van der Waals surface area contributed by atoms with Crippen molar-refractivity contribution in [2.45, 2.75) is 6.42 Å². The Morgan fingerprint density at radius 3 is 2.08 bits per heavy atom. The Kier molecular flexibility index (Phi) is 2.85. The molecule has 1 rings (SSSR count). The van der Waals surface area contributed by atoms with Crippen LogP contribution in [0, 0.1) is 23.3 Å². The molecule has 72 valence electrons. The van der Waals surface area contributed by atoms with Gasteiger partial charge in [-0.25, -0.2) is 17.6 Å². The van der Waals surface area contributed by atoms with Gasteiger partial charge in [0.2, 0.25) is 0 Å². The van der Waals surface area contributed by atoms with Crippen molar-refractivity contribution in [3.05, 3.63) is 34.9 Å². The average molecular weight is 196 g/mol. The zero-order valence-corrected chi connectivity index (χ0v) is 6.38. The summed E-state index contributed by atoms with van der Waals surface area (Å²) in [7, 11) is 0. The van der Waals surface area contributed by atoms with Gasteiger partial charge < -0.3 is 0 Å². The lowest BCUT2D eigenvalue weighted by Crippen LogP contribution is -2.02. The summed E-state index contributed by atoms with van der Waals surface area (Å²) in [5.74, 6) is -6.82. The minimum Gasteiger partial charge on any atom is -0.251 e. The van der Waals surface area contributed by atoms with Gasteiger partial charge in [-0.05, 0) is 11.6 Å². The molecule has 0 saturated carbocycles. The van der Waals surface area contributed by atoms with Crippen LogP contribution >= 0.6 is 0 Å². The molecule has 0 aliphatic carbocycles. The molecule has 0 unspecified atom stereocenters. The summed E-state index contributed by atoms with van der Waals surface area (Å²) in [6.07, 6.45) is -0.472. The van der Waals surface area contributed by atoms with E-state index in [1.807, 2.05) is 0 Å². The molecule has 0 heterocycles. The molecule has 0 aromatic heterocycles. The predicted molar refractivity (Wildman–Crippen MR) is 36.0 cm³/mol. The second-order valence-corrected chi connectivity index (χ2v) is 2.40. The fourth-order valence-electron chi connectivity index (χ4n) is 0.906. The Bertz CT molecular complexity index is 321. The van der Waals surface area contributed by atoms with Gasteiger partial charge in [0, 0.05) is 6.42 Å². The quantitative estimate of drug-likeness (QED) is 0.387. The molecule has 0 nitrogen and oxygen atoms in total. The summed E-state index contributed by atoms with van der Waals surface area (Å²) >= 11 is 0. The molecular formula is C8H5F5. The number of aryl methyl sites for hydroxylation is 1. The van der Waals surface area contributed by atoms with E-state index in [9.17, 15) is 22.0 Å². The highest BCUT2D eigenvalue weighted by Crippen LogP contribution is 2.18. The van der Waals surface area contributed by atoms with E-state index >= 15 is 0 Å². The highest BCUT2D eigenvalue weighted by molar-refractivity contribution is 5.21. The van der Waals surface area contributed by atoms with Gasteiger partial charge in [0.15, 0.2) is 23.3 Å². The van der Waals surface area contributed by atoms with Crippen LogP contribution in [0.25, 0.3) is 0 Å². The van der Waals surface area contributed by atoms with Crippen LogP contribution in [0.15, 0.2) is 6.07 Å². The van der Waals surface area contributed by atoms with Crippen LogP contribution in [-0.4, -0.2) is 6.67 Å². The number of hydrogen-bond donors (Lipinski definition) is 0. The number of halogens is 5. The van der Waals surface area contributed by atoms with Crippen LogP contribution in [0.2, 0.25) is 0 Å². The first-order chi connectivity index (χ1) is 6.07. The Hall–Kier alpha value is -1.13. The molecular weight excluding hydrogens is 191 g/mol. The average Bonchev–Trinajstić information content (AvgIpc) is 2.11. The first kappa shape index (κ1) is 9.95. The Morgan fingerprint density at radius 1 is 0.923 bits per heavy atom. The molecule has 0 aliphatic heterocycles. The van der Waals surface area contributed by atoms with Gasteiger partial charge in [-0.3, -0.25) is 4.39 Å². The molecule has 0 aliphatic rings. The van der Waals surface area contributed by atoms with E-state index in [2.05, 4.69) is 0 Å². The second kappa shape index (κ2) is 3.72. The second-order valence-electron chi connectivity index (χ2n) is 2.40. The van der Waals surface area contributed by atoms with Crippen molar-refractivity contribution >= 4 is 0 Å². The molecule has 0 bridgehead atoms. The fraction of sp³-hybridized carbons (Fsp3) is 0.250. The molecule has 0 fully saturated rings. The molecule has 0 N–H and O–H groups in total. The van der Waals surface area contributed by atoms with E-state index in [4.69, 9.17) is 0 Å². The summed E-state index contributed by atoms with van der Waals surface area (Å²) in [6, 6.07) is 0.452. The normalized spacial score (nSPS) is 10.5. The molecule has 13 heavy (non-hydrogen) atoms. The fourth-order valence-corrected chi connectivity index (χ4v) is 0.906. The number of hydrogen-bond acceptors (Lipinski definition) is 0. The van der Waals surface area contributed by atoms with Crippen molar-refractivity contribution in [2.75, 3.05) is 6.67 Å². The lowest BCUT2D eigenvalue weighted by atomic mass is 10.1. The van der Waals surface area contributed by atoms with Gasteiger partial charge in [0.25, 0.3) is 0 Å². The van der Waals surface area contributed by atoms with Crippen molar-refractivity contribution in [2.24, 2.45) is 0 Å². The van der Waals surface area contributed by atoms with Crippen LogP contribution < -0.4 is 0 Å². The van der Waals surface area contributed by atoms with Crippen molar-refractivity contribution in [3.63, 3.8) is 0 Å². The van der Waals surface area contributed by atoms with Crippen molar-refractivity contribution in [1.82, 2.24) is 0 Å². The van der Waals surface area contributed by atoms with E-state index < -0.39 is 41.9 Å².